The molecular formula is C13H12BrClN2O. The molecule has 0 radical (unpaired) electrons. The topological polar surface area (TPSA) is 48.1 Å². The molecule has 0 atom stereocenters. The van der Waals surface area contributed by atoms with Crippen molar-refractivity contribution in [1.29, 1.82) is 0 Å². The lowest BCUT2D eigenvalue weighted by Gasteiger charge is -2.09. The lowest BCUT2D eigenvalue weighted by Crippen LogP contribution is -1.99. The van der Waals surface area contributed by atoms with Gasteiger partial charge in [0, 0.05) is 22.8 Å². The summed E-state index contributed by atoms with van der Waals surface area (Å²) in [6.45, 7) is 2.35. The predicted molar refractivity (Wildman–Crippen MR) is 76.1 cm³/mol. The highest BCUT2D eigenvalue weighted by atomic mass is 79.9. The standard InChI is InChI=1S/C13H12BrClN2O/c1-8-4-9(7-16)5-13(17-8)18-12-3-2-10(14)6-11(12)15/h2-6H,7,16H2,1H3. The zero-order valence-electron chi connectivity index (χ0n) is 9.78. The molecule has 0 spiro atoms. The predicted octanol–water partition coefficient (Wildman–Crippen LogP) is 4.06. The Labute approximate surface area is 119 Å². The molecule has 1 heterocycles. The summed E-state index contributed by atoms with van der Waals surface area (Å²) >= 11 is 9.43. The molecule has 0 aliphatic heterocycles. The second-order valence-electron chi connectivity index (χ2n) is 3.84. The molecule has 0 bridgehead atoms. The van der Waals surface area contributed by atoms with Gasteiger partial charge in [0.25, 0.3) is 0 Å². The third kappa shape index (κ3) is 3.22. The molecule has 2 rings (SSSR count). The minimum Gasteiger partial charge on any atom is -0.437 e. The molecule has 0 fully saturated rings. The molecule has 0 saturated heterocycles. The zero-order chi connectivity index (χ0) is 13.1. The van der Waals surface area contributed by atoms with Gasteiger partial charge in [-0.25, -0.2) is 4.98 Å². The van der Waals surface area contributed by atoms with E-state index in [0.717, 1.165) is 15.7 Å². The van der Waals surface area contributed by atoms with Crippen molar-refractivity contribution in [2.24, 2.45) is 5.73 Å². The third-order valence-corrected chi connectivity index (χ3v) is 3.12. The van der Waals surface area contributed by atoms with E-state index in [1.165, 1.54) is 0 Å². The average Bonchev–Trinajstić information content (AvgIpc) is 2.32. The van der Waals surface area contributed by atoms with Crippen molar-refractivity contribution in [1.82, 2.24) is 4.98 Å². The van der Waals surface area contributed by atoms with Gasteiger partial charge in [-0.1, -0.05) is 27.5 Å². The summed E-state index contributed by atoms with van der Waals surface area (Å²) in [5.41, 5.74) is 7.45. The maximum Gasteiger partial charge on any atom is 0.219 e. The van der Waals surface area contributed by atoms with Gasteiger partial charge in [0.05, 0.1) is 5.02 Å². The molecule has 2 aromatic rings. The molecule has 0 aliphatic carbocycles. The normalized spacial score (nSPS) is 10.4. The fraction of sp³-hybridized carbons (Fsp3) is 0.154. The summed E-state index contributed by atoms with van der Waals surface area (Å²) < 4.78 is 6.57. The van der Waals surface area contributed by atoms with Gasteiger partial charge < -0.3 is 10.5 Å². The first-order valence-electron chi connectivity index (χ1n) is 5.39. The van der Waals surface area contributed by atoms with Crippen molar-refractivity contribution in [2.45, 2.75) is 13.5 Å². The van der Waals surface area contributed by atoms with Crippen LogP contribution in [0.3, 0.4) is 0 Å². The van der Waals surface area contributed by atoms with Gasteiger partial charge in [0.15, 0.2) is 0 Å². The van der Waals surface area contributed by atoms with Crippen molar-refractivity contribution < 1.29 is 4.74 Å². The maximum atomic E-state index is 6.09. The van der Waals surface area contributed by atoms with E-state index in [2.05, 4.69) is 20.9 Å². The molecule has 0 aliphatic rings. The van der Waals surface area contributed by atoms with E-state index in [1.807, 2.05) is 25.1 Å². The van der Waals surface area contributed by atoms with Crippen molar-refractivity contribution in [3.8, 4) is 11.6 Å². The number of aromatic nitrogens is 1. The Morgan fingerprint density at radius 2 is 2.11 bits per heavy atom. The van der Waals surface area contributed by atoms with E-state index in [1.54, 1.807) is 12.1 Å². The fourth-order valence-corrected chi connectivity index (χ4v) is 2.26. The Morgan fingerprint density at radius 1 is 1.33 bits per heavy atom. The molecule has 0 saturated carbocycles. The molecule has 5 heteroatoms. The van der Waals surface area contributed by atoms with E-state index in [0.29, 0.717) is 23.2 Å². The Bertz CT molecular complexity index is 575. The number of nitrogens with two attached hydrogens (primary N) is 1. The molecule has 0 unspecified atom stereocenters. The van der Waals surface area contributed by atoms with Gasteiger partial charge >= 0.3 is 0 Å². The Hall–Kier alpha value is -1.10. The quantitative estimate of drug-likeness (QED) is 0.925. The van der Waals surface area contributed by atoms with Crippen LogP contribution in [0.2, 0.25) is 5.02 Å². The van der Waals surface area contributed by atoms with E-state index < -0.39 is 0 Å². The minimum atomic E-state index is 0.452. The highest BCUT2D eigenvalue weighted by Gasteiger charge is 2.06. The third-order valence-electron chi connectivity index (χ3n) is 2.33. The van der Waals surface area contributed by atoms with Crippen LogP contribution in [0.15, 0.2) is 34.8 Å². The lowest BCUT2D eigenvalue weighted by molar-refractivity contribution is 0.461. The van der Waals surface area contributed by atoms with Gasteiger partial charge in [0.1, 0.15) is 5.75 Å². The van der Waals surface area contributed by atoms with Crippen LogP contribution in [0.1, 0.15) is 11.3 Å². The first-order valence-corrected chi connectivity index (χ1v) is 6.56. The van der Waals surface area contributed by atoms with E-state index in [9.17, 15) is 0 Å². The summed E-state index contributed by atoms with van der Waals surface area (Å²) in [5, 5.41) is 0.530. The van der Waals surface area contributed by atoms with Crippen LogP contribution in [-0.2, 0) is 6.54 Å². The van der Waals surface area contributed by atoms with Crippen LogP contribution in [0.4, 0.5) is 0 Å². The van der Waals surface area contributed by atoms with E-state index in [-0.39, 0.29) is 0 Å². The fourth-order valence-electron chi connectivity index (χ4n) is 1.55. The Morgan fingerprint density at radius 3 is 2.78 bits per heavy atom. The number of nitrogens with zero attached hydrogens (tertiary/aromatic N) is 1. The number of aryl methyl sites for hydroxylation is 1. The highest BCUT2D eigenvalue weighted by molar-refractivity contribution is 9.10. The first kappa shape index (κ1) is 13.3. The number of halogens is 2. The van der Waals surface area contributed by atoms with E-state index in [4.69, 9.17) is 22.1 Å². The van der Waals surface area contributed by atoms with Crippen LogP contribution in [0.25, 0.3) is 0 Å². The average molecular weight is 328 g/mol. The number of pyridine rings is 1. The second-order valence-corrected chi connectivity index (χ2v) is 5.16. The summed E-state index contributed by atoms with van der Waals surface area (Å²) in [6, 6.07) is 9.16. The summed E-state index contributed by atoms with van der Waals surface area (Å²) in [5.74, 6) is 1.07. The van der Waals surface area contributed by atoms with Crippen molar-refractivity contribution in [3.05, 3.63) is 51.1 Å². The SMILES string of the molecule is Cc1cc(CN)cc(Oc2ccc(Br)cc2Cl)n1. The molecular weight excluding hydrogens is 316 g/mol. The largest absolute Gasteiger partial charge is 0.437 e. The molecule has 18 heavy (non-hydrogen) atoms. The smallest absolute Gasteiger partial charge is 0.219 e. The van der Waals surface area contributed by atoms with Crippen LogP contribution in [0, 0.1) is 6.92 Å². The summed E-state index contributed by atoms with van der Waals surface area (Å²) in [4.78, 5) is 4.29. The molecule has 2 N–H and O–H groups in total. The number of hydrogen-bond donors (Lipinski definition) is 1. The summed E-state index contributed by atoms with van der Waals surface area (Å²) in [6.07, 6.45) is 0. The molecule has 1 aromatic heterocycles. The van der Waals surface area contributed by atoms with E-state index >= 15 is 0 Å². The molecule has 3 nitrogen and oxygen atoms in total. The Kier molecular flexibility index (Phi) is 4.22. The number of hydrogen-bond acceptors (Lipinski definition) is 3. The van der Waals surface area contributed by atoms with Crippen molar-refractivity contribution in [3.63, 3.8) is 0 Å². The molecule has 1 aromatic carbocycles. The zero-order valence-corrected chi connectivity index (χ0v) is 12.1. The number of benzene rings is 1. The lowest BCUT2D eigenvalue weighted by atomic mass is 10.2. The van der Waals surface area contributed by atoms with Crippen LogP contribution in [0.5, 0.6) is 11.6 Å². The first-order chi connectivity index (χ1) is 8.58. The highest BCUT2D eigenvalue weighted by Crippen LogP contribution is 2.31. The molecule has 0 amide bonds. The van der Waals surface area contributed by atoms with Gasteiger partial charge in [-0.05, 0) is 36.8 Å². The number of ether oxygens (including phenoxy) is 1. The Balaban J connectivity index is 2.30. The van der Waals surface area contributed by atoms with Crippen LogP contribution >= 0.6 is 27.5 Å². The maximum absolute atomic E-state index is 6.09. The molecule has 94 valence electrons. The monoisotopic (exact) mass is 326 g/mol. The van der Waals surface area contributed by atoms with Crippen LogP contribution < -0.4 is 10.5 Å². The van der Waals surface area contributed by atoms with Gasteiger partial charge in [-0.3, -0.25) is 0 Å². The van der Waals surface area contributed by atoms with Gasteiger partial charge in [-0.15, -0.1) is 0 Å². The van der Waals surface area contributed by atoms with Gasteiger partial charge in [0.2, 0.25) is 5.88 Å². The van der Waals surface area contributed by atoms with Crippen molar-refractivity contribution >= 4 is 27.5 Å². The van der Waals surface area contributed by atoms with Crippen molar-refractivity contribution in [2.75, 3.05) is 0 Å². The van der Waals surface area contributed by atoms with Gasteiger partial charge in [-0.2, -0.15) is 0 Å². The summed E-state index contributed by atoms with van der Waals surface area (Å²) in [7, 11) is 0. The number of rotatable bonds is 3. The minimum absolute atomic E-state index is 0.452. The van der Waals surface area contributed by atoms with Crippen LogP contribution in [-0.4, -0.2) is 4.98 Å². The second kappa shape index (κ2) is 5.69.